The Hall–Kier alpha value is -1.91. The van der Waals surface area contributed by atoms with Gasteiger partial charge in [0.2, 0.25) is 0 Å². The van der Waals surface area contributed by atoms with E-state index in [1.165, 1.54) is 12.1 Å². The fraction of sp³-hybridized carbons (Fsp3) is 0.611. The van der Waals surface area contributed by atoms with Gasteiger partial charge in [-0.1, -0.05) is 53.0 Å². The number of esters is 2. The van der Waals surface area contributed by atoms with Gasteiger partial charge >= 0.3 is 11.9 Å². The average Bonchev–Trinajstić information content (AvgIpc) is 2.51. The summed E-state index contributed by atoms with van der Waals surface area (Å²) in [5.41, 5.74) is 0.130. The molecule has 1 aromatic heterocycles. The molecule has 0 aliphatic rings. The van der Waals surface area contributed by atoms with E-state index in [0.717, 1.165) is 25.7 Å². The van der Waals surface area contributed by atoms with Crippen molar-refractivity contribution in [1.29, 1.82) is 0 Å². The van der Waals surface area contributed by atoms with Gasteiger partial charge in [-0.05, 0) is 24.0 Å². The van der Waals surface area contributed by atoms with Crippen molar-refractivity contribution in [1.82, 2.24) is 4.98 Å². The van der Waals surface area contributed by atoms with E-state index in [1.54, 1.807) is 6.07 Å². The monoisotopic (exact) mass is 321 g/mol. The number of nitrogens with zero attached hydrogens (tertiary/aromatic N) is 1. The molecule has 0 bridgehead atoms. The Kier molecular flexibility index (Phi) is 7.72. The third-order valence-electron chi connectivity index (χ3n) is 3.03. The molecule has 1 aromatic rings. The van der Waals surface area contributed by atoms with Crippen LogP contribution < -0.4 is 0 Å². The number of carbonyl (C=O) groups excluding carboxylic acids is 2. The molecule has 0 aromatic carbocycles. The second kappa shape index (κ2) is 9.28. The summed E-state index contributed by atoms with van der Waals surface area (Å²) in [5, 5.41) is 0. The summed E-state index contributed by atoms with van der Waals surface area (Å²) in [6, 6.07) is 4.67. The van der Waals surface area contributed by atoms with Crippen molar-refractivity contribution in [3.63, 3.8) is 0 Å². The van der Waals surface area contributed by atoms with Gasteiger partial charge in [-0.2, -0.15) is 0 Å². The van der Waals surface area contributed by atoms with Crippen LogP contribution in [0.15, 0.2) is 18.2 Å². The van der Waals surface area contributed by atoms with Gasteiger partial charge in [0.1, 0.15) is 11.4 Å². The van der Waals surface area contributed by atoms with E-state index in [1.807, 2.05) is 20.8 Å². The first-order valence-corrected chi connectivity index (χ1v) is 8.15. The normalized spacial score (nSPS) is 11.1. The van der Waals surface area contributed by atoms with Crippen LogP contribution in [-0.2, 0) is 9.47 Å². The Bertz CT molecular complexity index is 520. The second-order valence-electron chi connectivity index (χ2n) is 6.74. The molecule has 0 spiro atoms. The first-order valence-electron chi connectivity index (χ1n) is 8.15. The minimum absolute atomic E-state index is 0.120. The molecule has 0 N–H and O–H groups in total. The molecule has 0 unspecified atom stereocenters. The molecule has 5 heteroatoms. The molecule has 5 nitrogen and oxygen atoms in total. The van der Waals surface area contributed by atoms with Gasteiger partial charge in [0.05, 0.1) is 13.2 Å². The number of unbranched alkanes of at least 4 members (excludes halogenated alkanes) is 3. The maximum atomic E-state index is 12.0. The Morgan fingerprint density at radius 1 is 1.00 bits per heavy atom. The third kappa shape index (κ3) is 7.77. The van der Waals surface area contributed by atoms with Crippen molar-refractivity contribution in [3.05, 3.63) is 29.6 Å². The molecular formula is C18H27NO4. The zero-order chi connectivity index (χ0) is 17.3. The van der Waals surface area contributed by atoms with Gasteiger partial charge in [0.15, 0.2) is 0 Å². The summed E-state index contributed by atoms with van der Waals surface area (Å²) in [4.78, 5) is 27.9. The van der Waals surface area contributed by atoms with Gasteiger partial charge in [-0.15, -0.1) is 0 Å². The van der Waals surface area contributed by atoms with E-state index < -0.39 is 11.9 Å². The predicted octanol–water partition coefficient (Wildman–Crippen LogP) is 4.02. The summed E-state index contributed by atoms with van der Waals surface area (Å²) < 4.78 is 10.4. The van der Waals surface area contributed by atoms with Crippen molar-refractivity contribution < 1.29 is 19.1 Å². The highest BCUT2D eigenvalue weighted by molar-refractivity contribution is 5.91. The first kappa shape index (κ1) is 19.1. The molecule has 0 aliphatic carbocycles. The van der Waals surface area contributed by atoms with Crippen LogP contribution in [0.4, 0.5) is 0 Å². The van der Waals surface area contributed by atoms with Crippen LogP contribution in [0.5, 0.6) is 0 Å². The molecule has 0 fully saturated rings. The molecule has 0 amide bonds. The third-order valence-corrected chi connectivity index (χ3v) is 3.03. The van der Waals surface area contributed by atoms with E-state index in [2.05, 4.69) is 11.9 Å². The lowest BCUT2D eigenvalue weighted by atomic mass is 9.99. The predicted molar refractivity (Wildman–Crippen MR) is 88.4 cm³/mol. The number of rotatable bonds is 8. The van der Waals surface area contributed by atoms with Crippen LogP contribution in [0.25, 0.3) is 0 Å². The van der Waals surface area contributed by atoms with Crippen LogP contribution in [-0.4, -0.2) is 30.1 Å². The fourth-order valence-electron chi connectivity index (χ4n) is 1.79. The van der Waals surface area contributed by atoms with E-state index in [-0.39, 0.29) is 16.8 Å². The molecule has 0 saturated carbocycles. The minimum Gasteiger partial charge on any atom is -0.461 e. The van der Waals surface area contributed by atoms with Crippen molar-refractivity contribution >= 4 is 11.9 Å². The number of hydrogen-bond donors (Lipinski definition) is 0. The van der Waals surface area contributed by atoms with E-state index in [0.29, 0.717) is 13.2 Å². The van der Waals surface area contributed by atoms with Crippen LogP contribution in [0.3, 0.4) is 0 Å². The van der Waals surface area contributed by atoms with Gasteiger partial charge in [0, 0.05) is 0 Å². The van der Waals surface area contributed by atoms with E-state index in [4.69, 9.17) is 9.47 Å². The highest BCUT2D eigenvalue weighted by atomic mass is 16.5. The topological polar surface area (TPSA) is 65.5 Å². The van der Waals surface area contributed by atoms with Gasteiger partial charge in [-0.25, -0.2) is 14.6 Å². The highest BCUT2D eigenvalue weighted by Gasteiger charge is 2.17. The second-order valence-corrected chi connectivity index (χ2v) is 6.74. The maximum absolute atomic E-state index is 12.0. The molecule has 128 valence electrons. The van der Waals surface area contributed by atoms with Gasteiger partial charge in [-0.3, -0.25) is 0 Å². The Labute approximate surface area is 138 Å². The van der Waals surface area contributed by atoms with Gasteiger partial charge in [0.25, 0.3) is 0 Å². The van der Waals surface area contributed by atoms with Crippen molar-refractivity contribution in [3.8, 4) is 0 Å². The molecule has 23 heavy (non-hydrogen) atoms. The van der Waals surface area contributed by atoms with Crippen molar-refractivity contribution in [2.75, 3.05) is 13.2 Å². The maximum Gasteiger partial charge on any atom is 0.356 e. The number of carbonyl (C=O) groups is 2. The molecule has 0 aliphatic heterocycles. The number of aromatic nitrogens is 1. The number of ether oxygens (including phenoxy) is 2. The van der Waals surface area contributed by atoms with E-state index in [9.17, 15) is 9.59 Å². The zero-order valence-electron chi connectivity index (χ0n) is 14.6. The summed E-state index contributed by atoms with van der Waals surface area (Å²) in [6.45, 7) is 8.71. The summed E-state index contributed by atoms with van der Waals surface area (Å²) >= 11 is 0. The standard InChI is InChI=1S/C18H27NO4/c1-5-6-7-8-12-22-16(20)14-10-9-11-15(19-14)17(21)23-13-18(2,3)4/h9-11H,5-8,12-13H2,1-4H3. The van der Waals surface area contributed by atoms with Crippen LogP contribution >= 0.6 is 0 Å². The first-order chi connectivity index (χ1) is 10.8. The van der Waals surface area contributed by atoms with E-state index >= 15 is 0 Å². The Balaban J connectivity index is 2.55. The Morgan fingerprint density at radius 2 is 1.61 bits per heavy atom. The molecule has 0 atom stereocenters. The lowest BCUT2D eigenvalue weighted by Crippen LogP contribution is -2.19. The zero-order valence-corrected chi connectivity index (χ0v) is 14.6. The lowest BCUT2D eigenvalue weighted by Gasteiger charge is -2.17. The summed E-state index contributed by atoms with van der Waals surface area (Å²) in [7, 11) is 0. The quantitative estimate of drug-likeness (QED) is 0.534. The molecular weight excluding hydrogens is 294 g/mol. The summed E-state index contributed by atoms with van der Waals surface area (Å²) in [5.74, 6) is -1.04. The molecule has 1 rings (SSSR count). The number of pyridine rings is 1. The highest BCUT2D eigenvalue weighted by Crippen LogP contribution is 2.14. The number of hydrogen-bond acceptors (Lipinski definition) is 5. The SMILES string of the molecule is CCCCCCOC(=O)c1cccc(C(=O)OCC(C)(C)C)n1. The largest absolute Gasteiger partial charge is 0.461 e. The summed E-state index contributed by atoms with van der Waals surface area (Å²) in [6.07, 6.45) is 4.14. The van der Waals surface area contributed by atoms with Crippen LogP contribution in [0, 0.1) is 5.41 Å². The van der Waals surface area contributed by atoms with Gasteiger partial charge < -0.3 is 9.47 Å². The minimum atomic E-state index is -0.530. The molecule has 1 heterocycles. The van der Waals surface area contributed by atoms with Crippen LogP contribution in [0.1, 0.15) is 74.4 Å². The molecule has 0 saturated heterocycles. The van der Waals surface area contributed by atoms with Crippen molar-refractivity contribution in [2.24, 2.45) is 5.41 Å². The lowest BCUT2D eigenvalue weighted by molar-refractivity contribution is 0.0359. The Morgan fingerprint density at radius 3 is 2.17 bits per heavy atom. The average molecular weight is 321 g/mol. The van der Waals surface area contributed by atoms with Crippen LogP contribution in [0.2, 0.25) is 0 Å². The van der Waals surface area contributed by atoms with Crippen molar-refractivity contribution in [2.45, 2.75) is 53.4 Å². The smallest absolute Gasteiger partial charge is 0.356 e. The fourth-order valence-corrected chi connectivity index (χ4v) is 1.79. The molecule has 0 radical (unpaired) electrons.